The Morgan fingerprint density at radius 2 is 2.00 bits per heavy atom. The minimum Gasteiger partial charge on any atom is -0.456 e. The zero-order valence-electron chi connectivity index (χ0n) is 11.8. The first-order chi connectivity index (χ1) is 9.25. The number of terminal acetylenes is 1. The average Bonchev–Trinajstić information content (AvgIpc) is 2.37. The Morgan fingerprint density at radius 1 is 1.40 bits per heavy atom. The second-order valence-corrected chi connectivity index (χ2v) is 5.44. The number of esters is 1. The maximum atomic E-state index is 12.0. The summed E-state index contributed by atoms with van der Waals surface area (Å²) >= 11 is 0. The van der Waals surface area contributed by atoms with Crippen molar-refractivity contribution in [1.29, 1.82) is 0 Å². The van der Waals surface area contributed by atoms with Crippen LogP contribution in [-0.4, -0.2) is 23.0 Å². The second-order valence-electron chi connectivity index (χ2n) is 5.44. The summed E-state index contributed by atoms with van der Waals surface area (Å²) in [5.41, 5.74) is 4.88. The third-order valence-corrected chi connectivity index (χ3v) is 2.73. The minimum atomic E-state index is -0.698. The van der Waals surface area contributed by atoms with Crippen LogP contribution in [0, 0.1) is 17.8 Å². The lowest BCUT2D eigenvalue weighted by Crippen LogP contribution is -2.31. The van der Waals surface area contributed by atoms with Gasteiger partial charge in [0.15, 0.2) is 0 Å². The highest BCUT2D eigenvalue weighted by Crippen LogP contribution is 2.25. The van der Waals surface area contributed by atoms with Crippen molar-refractivity contribution < 1.29 is 14.3 Å². The van der Waals surface area contributed by atoms with E-state index in [9.17, 15) is 9.59 Å². The summed E-state index contributed by atoms with van der Waals surface area (Å²) in [7, 11) is 0. The molecule has 0 unspecified atom stereocenters. The highest BCUT2D eigenvalue weighted by molar-refractivity contribution is 5.93. The van der Waals surface area contributed by atoms with Gasteiger partial charge in [0, 0.05) is 6.42 Å². The first-order valence-corrected chi connectivity index (χ1v) is 6.17. The van der Waals surface area contributed by atoms with Crippen molar-refractivity contribution >= 4 is 11.9 Å². The Balaban J connectivity index is 2.92. The summed E-state index contributed by atoms with van der Waals surface area (Å²) in [5.74, 6) is 1.17. The molecule has 1 amide bonds. The van der Waals surface area contributed by atoms with E-state index in [1.165, 1.54) is 18.2 Å². The average molecular weight is 274 g/mol. The van der Waals surface area contributed by atoms with Crippen LogP contribution in [0.2, 0.25) is 0 Å². The van der Waals surface area contributed by atoms with Crippen molar-refractivity contribution in [2.45, 2.75) is 33.3 Å². The van der Waals surface area contributed by atoms with Crippen LogP contribution in [0.3, 0.4) is 0 Å². The summed E-state index contributed by atoms with van der Waals surface area (Å²) in [6.45, 7) is 5.78. The van der Waals surface area contributed by atoms with Crippen LogP contribution < -0.4 is 5.73 Å². The van der Waals surface area contributed by atoms with Crippen molar-refractivity contribution in [1.82, 2.24) is 4.98 Å². The van der Waals surface area contributed by atoms with E-state index in [-0.39, 0.29) is 16.8 Å². The molecule has 1 heterocycles. The fourth-order valence-electron chi connectivity index (χ4n) is 1.51. The van der Waals surface area contributed by atoms with Crippen LogP contribution in [0.1, 0.15) is 48.2 Å². The van der Waals surface area contributed by atoms with Crippen LogP contribution in [-0.2, 0) is 4.74 Å². The number of hydrogen-bond acceptors (Lipinski definition) is 4. The minimum absolute atomic E-state index is 0.0173. The first-order valence-electron chi connectivity index (χ1n) is 6.17. The van der Waals surface area contributed by atoms with Gasteiger partial charge in [-0.1, -0.05) is 26.8 Å². The number of pyridine rings is 1. The maximum absolute atomic E-state index is 12.0. The molecule has 0 spiro atoms. The molecule has 5 heteroatoms. The van der Waals surface area contributed by atoms with E-state index >= 15 is 0 Å². The third-order valence-electron chi connectivity index (χ3n) is 2.73. The molecule has 1 aromatic heterocycles. The van der Waals surface area contributed by atoms with E-state index in [1.54, 1.807) is 0 Å². The third kappa shape index (κ3) is 4.09. The molecule has 2 N–H and O–H groups in total. The SMILES string of the molecule is C#CC[C@@H](OC(=O)c1cccc(C(N)=O)n1)C(C)(C)C. The highest BCUT2D eigenvalue weighted by Gasteiger charge is 2.28. The Morgan fingerprint density at radius 3 is 2.50 bits per heavy atom. The van der Waals surface area contributed by atoms with Gasteiger partial charge in [-0.3, -0.25) is 4.79 Å². The number of aromatic nitrogens is 1. The Hall–Kier alpha value is -2.35. The van der Waals surface area contributed by atoms with Crippen LogP contribution in [0.15, 0.2) is 18.2 Å². The predicted octanol–water partition coefficient (Wildman–Crippen LogP) is 1.78. The maximum Gasteiger partial charge on any atom is 0.357 e. The van der Waals surface area contributed by atoms with E-state index < -0.39 is 18.0 Å². The smallest absolute Gasteiger partial charge is 0.357 e. The van der Waals surface area contributed by atoms with Gasteiger partial charge in [0.05, 0.1) is 0 Å². The zero-order valence-corrected chi connectivity index (χ0v) is 11.8. The summed E-state index contributed by atoms with van der Waals surface area (Å²) in [6.07, 6.45) is 5.17. The summed E-state index contributed by atoms with van der Waals surface area (Å²) in [4.78, 5) is 27.0. The quantitative estimate of drug-likeness (QED) is 0.670. The van der Waals surface area contributed by atoms with Gasteiger partial charge in [-0.2, -0.15) is 0 Å². The Labute approximate surface area is 118 Å². The van der Waals surface area contributed by atoms with Crippen LogP contribution in [0.25, 0.3) is 0 Å². The lowest BCUT2D eigenvalue weighted by atomic mass is 9.87. The number of primary amides is 1. The number of carbonyl (C=O) groups is 2. The normalized spacial score (nSPS) is 12.3. The predicted molar refractivity (Wildman–Crippen MR) is 74.9 cm³/mol. The van der Waals surface area contributed by atoms with Crippen LogP contribution in [0.4, 0.5) is 0 Å². The molecule has 1 atom stereocenters. The fraction of sp³-hybridized carbons (Fsp3) is 0.400. The molecule has 0 aromatic carbocycles. The van der Waals surface area contributed by atoms with Crippen molar-refractivity contribution in [3.8, 4) is 12.3 Å². The van der Waals surface area contributed by atoms with Crippen molar-refractivity contribution in [2.75, 3.05) is 0 Å². The molecule has 0 fully saturated rings. The number of amides is 1. The summed E-state index contributed by atoms with van der Waals surface area (Å²) in [5, 5.41) is 0. The van der Waals surface area contributed by atoms with Gasteiger partial charge >= 0.3 is 5.97 Å². The zero-order chi connectivity index (χ0) is 15.3. The lowest BCUT2D eigenvalue weighted by Gasteiger charge is -2.28. The van der Waals surface area contributed by atoms with E-state index in [1.807, 2.05) is 20.8 Å². The van der Waals surface area contributed by atoms with Gasteiger partial charge in [0.2, 0.25) is 0 Å². The lowest BCUT2D eigenvalue weighted by molar-refractivity contribution is -0.00114. The molecular weight excluding hydrogens is 256 g/mol. The number of ether oxygens (including phenoxy) is 1. The van der Waals surface area contributed by atoms with Gasteiger partial charge < -0.3 is 10.5 Å². The number of hydrogen-bond donors (Lipinski definition) is 1. The molecule has 20 heavy (non-hydrogen) atoms. The van der Waals surface area contributed by atoms with Gasteiger partial charge in [0.1, 0.15) is 17.5 Å². The molecule has 0 aliphatic rings. The topological polar surface area (TPSA) is 82.3 Å². The van der Waals surface area contributed by atoms with Crippen LogP contribution >= 0.6 is 0 Å². The molecule has 1 aromatic rings. The molecule has 5 nitrogen and oxygen atoms in total. The molecule has 0 radical (unpaired) electrons. The van der Waals surface area contributed by atoms with Crippen LogP contribution in [0.5, 0.6) is 0 Å². The Kier molecular flexibility index (Phi) is 4.87. The standard InChI is InChI=1S/C15H18N2O3/c1-5-7-12(15(2,3)4)20-14(19)11-9-6-8-10(17-11)13(16)18/h1,6,8-9,12H,7H2,2-4H3,(H2,16,18)/t12-/m1/s1. The van der Waals surface area contributed by atoms with Gasteiger partial charge in [-0.15, -0.1) is 12.3 Å². The largest absolute Gasteiger partial charge is 0.456 e. The van der Waals surface area contributed by atoms with Gasteiger partial charge in [-0.25, -0.2) is 9.78 Å². The second kappa shape index (κ2) is 6.20. The molecule has 1 rings (SSSR count). The fourth-order valence-corrected chi connectivity index (χ4v) is 1.51. The number of rotatable bonds is 4. The van der Waals surface area contributed by atoms with E-state index in [4.69, 9.17) is 16.9 Å². The van der Waals surface area contributed by atoms with Crippen molar-refractivity contribution in [3.63, 3.8) is 0 Å². The van der Waals surface area contributed by atoms with E-state index in [0.29, 0.717) is 6.42 Å². The molecule has 0 bridgehead atoms. The van der Waals surface area contributed by atoms with E-state index in [2.05, 4.69) is 10.9 Å². The number of nitrogens with zero attached hydrogens (tertiary/aromatic N) is 1. The molecule has 0 saturated carbocycles. The van der Waals surface area contributed by atoms with Crippen molar-refractivity contribution in [3.05, 3.63) is 29.6 Å². The number of carbonyl (C=O) groups excluding carboxylic acids is 2. The first kappa shape index (κ1) is 15.7. The Bertz CT molecular complexity index is 553. The summed E-state index contributed by atoms with van der Waals surface area (Å²) < 4.78 is 5.38. The molecule has 0 aliphatic carbocycles. The van der Waals surface area contributed by atoms with Gasteiger partial charge in [-0.05, 0) is 17.5 Å². The molecule has 0 aliphatic heterocycles. The van der Waals surface area contributed by atoms with E-state index in [0.717, 1.165) is 0 Å². The summed E-state index contributed by atoms with van der Waals surface area (Å²) in [6, 6.07) is 4.42. The van der Waals surface area contributed by atoms with Gasteiger partial charge in [0.25, 0.3) is 5.91 Å². The molecule has 106 valence electrons. The molecule has 0 saturated heterocycles. The monoisotopic (exact) mass is 274 g/mol. The molecular formula is C15H18N2O3. The van der Waals surface area contributed by atoms with Crippen molar-refractivity contribution in [2.24, 2.45) is 11.1 Å². The number of nitrogens with two attached hydrogens (primary N) is 1. The highest BCUT2D eigenvalue weighted by atomic mass is 16.5.